The maximum Gasteiger partial charge on any atom is 0.0924 e. The average molecular weight is 290 g/mol. The van der Waals surface area contributed by atoms with Crippen LogP contribution in [-0.2, 0) is 5.60 Å². The Morgan fingerprint density at radius 1 is 0.905 bits per heavy atom. The van der Waals surface area contributed by atoms with E-state index in [1.54, 1.807) is 0 Å². The first kappa shape index (κ1) is 18.2. The Balaban J connectivity index is 2.82. The quantitative estimate of drug-likeness (QED) is 0.491. The lowest BCUT2D eigenvalue weighted by Gasteiger charge is -2.37. The van der Waals surface area contributed by atoms with E-state index >= 15 is 0 Å². The van der Waals surface area contributed by atoms with Crippen LogP contribution in [0.15, 0.2) is 30.3 Å². The van der Waals surface area contributed by atoms with Crippen LogP contribution in [0.3, 0.4) is 0 Å². The number of rotatable bonds is 11. The molecule has 0 aliphatic carbocycles. The number of benzene rings is 1. The van der Waals surface area contributed by atoms with Crippen molar-refractivity contribution in [3.05, 3.63) is 35.9 Å². The van der Waals surface area contributed by atoms with Crippen LogP contribution in [0.4, 0.5) is 0 Å². The highest BCUT2D eigenvalue weighted by Crippen LogP contribution is 2.39. The van der Waals surface area contributed by atoms with Crippen molar-refractivity contribution >= 4 is 0 Å². The molecular weight excluding hydrogens is 256 g/mol. The first-order valence-corrected chi connectivity index (χ1v) is 8.96. The zero-order valence-electron chi connectivity index (χ0n) is 14.3. The van der Waals surface area contributed by atoms with Crippen LogP contribution in [0.2, 0.25) is 0 Å². The third kappa shape index (κ3) is 5.47. The minimum absolute atomic E-state index is 0.378. The zero-order valence-corrected chi connectivity index (χ0v) is 14.3. The number of hydrogen-bond acceptors (Lipinski definition) is 1. The van der Waals surface area contributed by atoms with Crippen molar-refractivity contribution in [3.63, 3.8) is 0 Å². The summed E-state index contributed by atoms with van der Waals surface area (Å²) in [4.78, 5) is 0. The van der Waals surface area contributed by atoms with Gasteiger partial charge >= 0.3 is 0 Å². The van der Waals surface area contributed by atoms with Gasteiger partial charge in [-0.25, -0.2) is 0 Å². The molecule has 0 heterocycles. The molecule has 0 saturated heterocycles. The van der Waals surface area contributed by atoms with Crippen LogP contribution < -0.4 is 0 Å². The van der Waals surface area contributed by atoms with Crippen molar-refractivity contribution in [2.75, 3.05) is 0 Å². The molecule has 21 heavy (non-hydrogen) atoms. The van der Waals surface area contributed by atoms with Crippen LogP contribution in [0.1, 0.15) is 84.1 Å². The first-order valence-electron chi connectivity index (χ1n) is 8.96. The van der Waals surface area contributed by atoms with Crippen molar-refractivity contribution in [2.45, 2.75) is 84.2 Å². The van der Waals surface area contributed by atoms with Gasteiger partial charge in [-0.15, -0.1) is 0 Å². The molecule has 1 nitrogen and oxygen atoms in total. The van der Waals surface area contributed by atoms with E-state index in [2.05, 4.69) is 45.0 Å². The van der Waals surface area contributed by atoms with Crippen molar-refractivity contribution in [1.29, 1.82) is 0 Å². The Morgan fingerprint density at radius 3 is 2.14 bits per heavy atom. The second kappa shape index (κ2) is 10.00. The predicted molar refractivity (Wildman–Crippen MR) is 92.4 cm³/mol. The number of unbranched alkanes of at least 4 members (excludes halogenated alkanes) is 4. The standard InChI is InChI=1S/C20H34O/c1-4-7-9-11-14-18(6-3)20(21,17-8-5-2)19-15-12-10-13-16-19/h10,12-13,15-16,18,21H,4-9,11,14,17H2,1-3H3. The fourth-order valence-corrected chi connectivity index (χ4v) is 3.36. The lowest BCUT2D eigenvalue weighted by molar-refractivity contribution is -0.0398. The normalized spacial score (nSPS) is 15.6. The van der Waals surface area contributed by atoms with Gasteiger partial charge in [0.15, 0.2) is 0 Å². The summed E-state index contributed by atoms with van der Waals surface area (Å²) in [7, 11) is 0. The van der Waals surface area contributed by atoms with E-state index in [0.29, 0.717) is 5.92 Å². The molecule has 1 rings (SSSR count). The van der Waals surface area contributed by atoms with Gasteiger partial charge in [0, 0.05) is 0 Å². The van der Waals surface area contributed by atoms with Crippen molar-refractivity contribution < 1.29 is 5.11 Å². The van der Waals surface area contributed by atoms with Gasteiger partial charge in [-0.1, -0.05) is 96.0 Å². The molecule has 1 N–H and O–H groups in total. The van der Waals surface area contributed by atoms with Gasteiger partial charge in [0.05, 0.1) is 5.60 Å². The molecule has 0 spiro atoms. The summed E-state index contributed by atoms with van der Waals surface area (Å²) in [5.74, 6) is 0.378. The second-order valence-corrected chi connectivity index (χ2v) is 6.35. The van der Waals surface area contributed by atoms with Gasteiger partial charge in [-0.05, 0) is 24.3 Å². The Morgan fingerprint density at radius 2 is 1.57 bits per heavy atom. The summed E-state index contributed by atoms with van der Waals surface area (Å²) < 4.78 is 0. The molecule has 0 bridgehead atoms. The maximum absolute atomic E-state index is 11.4. The van der Waals surface area contributed by atoms with E-state index in [-0.39, 0.29) is 0 Å². The summed E-state index contributed by atoms with van der Waals surface area (Å²) in [6.45, 7) is 6.68. The molecule has 0 aliphatic rings. The van der Waals surface area contributed by atoms with E-state index in [4.69, 9.17) is 0 Å². The molecule has 0 aliphatic heterocycles. The van der Waals surface area contributed by atoms with Crippen molar-refractivity contribution in [1.82, 2.24) is 0 Å². The highest BCUT2D eigenvalue weighted by atomic mass is 16.3. The third-order valence-corrected chi connectivity index (χ3v) is 4.76. The van der Waals surface area contributed by atoms with Gasteiger partial charge in [0.25, 0.3) is 0 Å². The van der Waals surface area contributed by atoms with Crippen LogP contribution in [0.5, 0.6) is 0 Å². The first-order chi connectivity index (χ1) is 10.2. The van der Waals surface area contributed by atoms with Crippen molar-refractivity contribution in [2.24, 2.45) is 5.92 Å². The van der Waals surface area contributed by atoms with E-state index in [0.717, 1.165) is 37.7 Å². The molecule has 1 heteroatoms. The van der Waals surface area contributed by atoms with Gasteiger partial charge in [-0.2, -0.15) is 0 Å². The predicted octanol–water partition coefficient (Wildman–Crippen LogP) is 6.06. The van der Waals surface area contributed by atoms with Gasteiger partial charge in [0.1, 0.15) is 0 Å². The Bertz CT molecular complexity index is 359. The summed E-state index contributed by atoms with van der Waals surface area (Å²) in [5.41, 5.74) is 0.471. The van der Waals surface area contributed by atoms with Gasteiger partial charge in [0.2, 0.25) is 0 Å². The minimum Gasteiger partial charge on any atom is -0.385 e. The summed E-state index contributed by atoms with van der Waals surface area (Å²) in [6, 6.07) is 10.3. The van der Waals surface area contributed by atoms with Gasteiger partial charge in [-0.3, -0.25) is 0 Å². The molecule has 2 atom stereocenters. The Labute approximate surface area is 131 Å². The second-order valence-electron chi connectivity index (χ2n) is 6.35. The van der Waals surface area contributed by atoms with Crippen LogP contribution in [-0.4, -0.2) is 5.11 Å². The molecule has 0 aromatic heterocycles. The van der Waals surface area contributed by atoms with Crippen LogP contribution in [0, 0.1) is 5.92 Å². The molecule has 1 aromatic rings. The summed E-state index contributed by atoms with van der Waals surface area (Å²) in [6.07, 6.45) is 10.5. The molecule has 2 unspecified atom stereocenters. The molecule has 120 valence electrons. The maximum atomic E-state index is 11.4. The highest BCUT2D eigenvalue weighted by Gasteiger charge is 2.36. The largest absolute Gasteiger partial charge is 0.385 e. The highest BCUT2D eigenvalue weighted by molar-refractivity contribution is 5.23. The average Bonchev–Trinajstić information content (AvgIpc) is 2.53. The Hall–Kier alpha value is -0.820. The lowest BCUT2D eigenvalue weighted by Crippen LogP contribution is -2.35. The zero-order chi connectivity index (χ0) is 15.6. The monoisotopic (exact) mass is 290 g/mol. The summed E-state index contributed by atoms with van der Waals surface area (Å²) >= 11 is 0. The van der Waals surface area contributed by atoms with E-state index < -0.39 is 5.60 Å². The molecular formula is C20H34O. The SMILES string of the molecule is CCCCCCC(CC)C(O)(CCCC)c1ccccc1. The minimum atomic E-state index is -0.641. The molecule has 0 fully saturated rings. The number of hydrogen-bond donors (Lipinski definition) is 1. The van der Waals surface area contributed by atoms with Crippen LogP contribution in [0.25, 0.3) is 0 Å². The van der Waals surface area contributed by atoms with Crippen LogP contribution >= 0.6 is 0 Å². The molecule has 0 radical (unpaired) electrons. The lowest BCUT2D eigenvalue weighted by atomic mass is 9.74. The van der Waals surface area contributed by atoms with E-state index in [9.17, 15) is 5.11 Å². The topological polar surface area (TPSA) is 20.2 Å². The fraction of sp³-hybridized carbons (Fsp3) is 0.700. The molecule has 0 amide bonds. The smallest absolute Gasteiger partial charge is 0.0924 e. The van der Waals surface area contributed by atoms with Gasteiger partial charge < -0.3 is 5.11 Å². The number of aliphatic hydroxyl groups is 1. The molecule has 0 saturated carbocycles. The summed E-state index contributed by atoms with van der Waals surface area (Å²) in [5, 5.41) is 11.4. The van der Waals surface area contributed by atoms with E-state index in [1.807, 2.05) is 6.07 Å². The van der Waals surface area contributed by atoms with Crippen molar-refractivity contribution in [3.8, 4) is 0 Å². The third-order valence-electron chi connectivity index (χ3n) is 4.76. The van der Waals surface area contributed by atoms with E-state index in [1.165, 1.54) is 25.7 Å². The Kier molecular flexibility index (Phi) is 8.68. The molecule has 1 aromatic carbocycles. The fourth-order valence-electron chi connectivity index (χ4n) is 3.36.